The van der Waals surface area contributed by atoms with E-state index in [1.165, 1.54) is 24.7 Å². The maximum atomic E-state index is 12.2. The predicted molar refractivity (Wildman–Crippen MR) is 128 cm³/mol. The maximum Gasteiger partial charge on any atom is 0.183 e. The van der Waals surface area contributed by atoms with E-state index in [-0.39, 0.29) is 4.90 Å². The zero-order valence-corrected chi connectivity index (χ0v) is 18.8. The number of fused-ring (bicyclic) bond motifs is 2. The van der Waals surface area contributed by atoms with E-state index in [2.05, 4.69) is 30.6 Å². The van der Waals surface area contributed by atoms with Crippen LogP contribution in [-0.2, 0) is 9.84 Å². The molecule has 2 aromatic carbocycles. The Labute approximate surface area is 188 Å². The first-order valence-corrected chi connectivity index (χ1v) is 12.4. The SMILES string of the molecule is CNc1nc2cc(-c3cc(Nc4cnccc4S(C)(=O)=O)cc4nccnc34)ccc2s1. The summed E-state index contributed by atoms with van der Waals surface area (Å²) in [5.41, 5.74) is 5.21. The molecule has 0 aliphatic carbocycles. The Bertz CT molecular complexity index is 1580. The Morgan fingerprint density at radius 2 is 1.81 bits per heavy atom. The molecule has 2 N–H and O–H groups in total. The summed E-state index contributed by atoms with van der Waals surface area (Å²) in [4.78, 5) is 17.9. The smallest absolute Gasteiger partial charge is 0.183 e. The fraction of sp³-hybridized carbons (Fsp3) is 0.0909. The van der Waals surface area contributed by atoms with Gasteiger partial charge in [0.05, 0.1) is 38.0 Å². The Kier molecular flexibility index (Phi) is 4.95. The molecular weight excluding hydrogens is 444 g/mol. The van der Waals surface area contributed by atoms with Crippen molar-refractivity contribution in [2.75, 3.05) is 23.9 Å². The lowest BCUT2D eigenvalue weighted by Crippen LogP contribution is -2.03. The monoisotopic (exact) mass is 462 g/mol. The number of hydrogen-bond acceptors (Lipinski definition) is 9. The average Bonchev–Trinajstić information content (AvgIpc) is 3.21. The van der Waals surface area contributed by atoms with Crippen molar-refractivity contribution in [2.24, 2.45) is 0 Å². The molecule has 5 rings (SSSR count). The van der Waals surface area contributed by atoms with Crippen LogP contribution in [0.5, 0.6) is 0 Å². The van der Waals surface area contributed by atoms with Crippen LogP contribution in [0.2, 0.25) is 0 Å². The van der Waals surface area contributed by atoms with Gasteiger partial charge in [-0.05, 0) is 35.9 Å². The lowest BCUT2D eigenvalue weighted by molar-refractivity contribution is 0.602. The summed E-state index contributed by atoms with van der Waals surface area (Å²) in [7, 11) is -1.58. The van der Waals surface area contributed by atoms with Gasteiger partial charge in [-0.2, -0.15) is 0 Å². The number of thiazole rings is 1. The molecule has 160 valence electrons. The number of nitrogens with zero attached hydrogens (tertiary/aromatic N) is 4. The molecule has 0 aliphatic heterocycles. The molecule has 8 nitrogen and oxygen atoms in total. The van der Waals surface area contributed by atoms with Crippen molar-refractivity contribution in [3.8, 4) is 11.1 Å². The Morgan fingerprint density at radius 3 is 2.62 bits per heavy atom. The molecule has 0 radical (unpaired) electrons. The molecule has 0 bridgehead atoms. The van der Waals surface area contributed by atoms with Crippen LogP contribution in [-0.4, -0.2) is 41.7 Å². The van der Waals surface area contributed by atoms with E-state index in [4.69, 9.17) is 0 Å². The summed E-state index contributed by atoms with van der Waals surface area (Å²) in [6, 6.07) is 11.3. The van der Waals surface area contributed by atoms with Gasteiger partial charge in [-0.3, -0.25) is 15.0 Å². The minimum atomic E-state index is -3.43. The van der Waals surface area contributed by atoms with E-state index in [1.807, 2.05) is 37.4 Å². The summed E-state index contributed by atoms with van der Waals surface area (Å²) < 4.78 is 25.5. The van der Waals surface area contributed by atoms with Gasteiger partial charge in [0.15, 0.2) is 15.0 Å². The maximum absolute atomic E-state index is 12.2. The fourth-order valence-electron chi connectivity index (χ4n) is 3.52. The minimum Gasteiger partial charge on any atom is -0.365 e. The van der Waals surface area contributed by atoms with E-state index in [9.17, 15) is 8.42 Å². The van der Waals surface area contributed by atoms with Gasteiger partial charge in [0.2, 0.25) is 0 Å². The number of anilines is 3. The molecule has 0 saturated heterocycles. The second-order valence-electron chi connectivity index (χ2n) is 7.17. The first-order valence-electron chi connectivity index (χ1n) is 9.67. The Hall–Kier alpha value is -3.63. The van der Waals surface area contributed by atoms with E-state index in [1.54, 1.807) is 23.7 Å². The van der Waals surface area contributed by atoms with Gasteiger partial charge in [0.25, 0.3) is 0 Å². The largest absolute Gasteiger partial charge is 0.365 e. The summed E-state index contributed by atoms with van der Waals surface area (Å²) in [6.45, 7) is 0. The van der Waals surface area contributed by atoms with E-state index >= 15 is 0 Å². The van der Waals surface area contributed by atoms with Crippen molar-refractivity contribution in [3.05, 3.63) is 61.2 Å². The average molecular weight is 463 g/mol. The highest BCUT2D eigenvalue weighted by atomic mass is 32.2. The molecule has 0 atom stereocenters. The first-order chi connectivity index (χ1) is 15.4. The number of nitrogens with one attached hydrogen (secondary N) is 2. The highest BCUT2D eigenvalue weighted by Crippen LogP contribution is 2.35. The van der Waals surface area contributed by atoms with Crippen molar-refractivity contribution in [2.45, 2.75) is 4.90 Å². The van der Waals surface area contributed by atoms with Crippen molar-refractivity contribution >= 4 is 58.9 Å². The van der Waals surface area contributed by atoms with Crippen LogP contribution >= 0.6 is 11.3 Å². The molecular formula is C22H18N6O2S2. The zero-order valence-electron chi connectivity index (χ0n) is 17.2. The number of aromatic nitrogens is 4. The van der Waals surface area contributed by atoms with E-state index in [0.717, 1.165) is 32.0 Å². The lowest BCUT2D eigenvalue weighted by Gasteiger charge is -2.13. The topological polar surface area (TPSA) is 110 Å². The van der Waals surface area contributed by atoms with Crippen LogP contribution in [0.3, 0.4) is 0 Å². The van der Waals surface area contributed by atoms with Crippen LogP contribution in [0.15, 0.2) is 66.1 Å². The Morgan fingerprint density at radius 1 is 0.969 bits per heavy atom. The highest BCUT2D eigenvalue weighted by molar-refractivity contribution is 7.90. The fourth-order valence-corrected chi connectivity index (χ4v) is 5.13. The van der Waals surface area contributed by atoms with Crippen molar-refractivity contribution < 1.29 is 8.42 Å². The number of hydrogen-bond donors (Lipinski definition) is 2. The molecule has 32 heavy (non-hydrogen) atoms. The summed E-state index contributed by atoms with van der Waals surface area (Å²) in [5.74, 6) is 0. The molecule has 0 amide bonds. The number of sulfone groups is 1. The third-order valence-electron chi connectivity index (χ3n) is 4.95. The molecule has 3 aromatic heterocycles. The number of benzene rings is 2. The van der Waals surface area contributed by atoms with Gasteiger partial charge >= 0.3 is 0 Å². The third-order valence-corrected chi connectivity index (χ3v) is 7.15. The zero-order chi connectivity index (χ0) is 22.3. The van der Waals surface area contributed by atoms with Gasteiger partial charge in [0.1, 0.15) is 0 Å². The predicted octanol–water partition coefficient (Wildman–Crippen LogP) is 4.49. The number of pyridine rings is 1. The van der Waals surface area contributed by atoms with Crippen LogP contribution in [0, 0.1) is 0 Å². The van der Waals surface area contributed by atoms with Crippen LogP contribution in [0.25, 0.3) is 32.4 Å². The van der Waals surface area contributed by atoms with Crippen LogP contribution in [0.4, 0.5) is 16.5 Å². The highest BCUT2D eigenvalue weighted by Gasteiger charge is 2.15. The molecule has 3 heterocycles. The third kappa shape index (κ3) is 3.74. The molecule has 10 heteroatoms. The lowest BCUT2D eigenvalue weighted by atomic mass is 10.0. The standard InChI is InChI=1S/C22H18N6O2S2/c1-23-22-28-16-9-13(3-4-19(16)31-22)15-10-14(11-17-21(15)26-8-7-25-17)27-18-12-24-6-5-20(18)32(2,29)30/h3-12,27H,1-2H3,(H,23,28). The van der Waals surface area contributed by atoms with Gasteiger partial charge in [0, 0.05) is 43.1 Å². The molecule has 0 fully saturated rings. The number of rotatable bonds is 5. The quantitative estimate of drug-likeness (QED) is 0.393. The van der Waals surface area contributed by atoms with Crippen molar-refractivity contribution in [3.63, 3.8) is 0 Å². The normalized spacial score (nSPS) is 11.7. The van der Waals surface area contributed by atoms with Gasteiger partial charge in [-0.15, -0.1) is 0 Å². The van der Waals surface area contributed by atoms with Gasteiger partial charge in [-0.1, -0.05) is 17.4 Å². The van der Waals surface area contributed by atoms with E-state index in [0.29, 0.717) is 16.9 Å². The summed E-state index contributed by atoms with van der Waals surface area (Å²) >= 11 is 1.59. The van der Waals surface area contributed by atoms with Crippen molar-refractivity contribution in [1.82, 2.24) is 19.9 Å². The summed E-state index contributed by atoms with van der Waals surface area (Å²) in [6.07, 6.45) is 7.42. The second-order valence-corrected chi connectivity index (χ2v) is 10.2. The molecule has 0 unspecified atom stereocenters. The van der Waals surface area contributed by atoms with Crippen molar-refractivity contribution in [1.29, 1.82) is 0 Å². The minimum absolute atomic E-state index is 0.178. The molecule has 0 aliphatic rings. The molecule has 0 saturated carbocycles. The van der Waals surface area contributed by atoms with Gasteiger partial charge in [-0.25, -0.2) is 13.4 Å². The van der Waals surface area contributed by atoms with Crippen LogP contribution in [0.1, 0.15) is 0 Å². The van der Waals surface area contributed by atoms with Crippen LogP contribution < -0.4 is 10.6 Å². The van der Waals surface area contributed by atoms with Gasteiger partial charge < -0.3 is 10.6 Å². The second kappa shape index (κ2) is 7.81. The Balaban J connectivity index is 1.66. The molecule has 5 aromatic rings. The first kappa shape index (κ1) is 20.3. The summed E-state index contributed by atoms with van der Waals surface area (Å²) in [5, 5.41) is 7.13. The molecule has 0 spiro atoms. The van der Waals surface area contributed by atoms with E-state index < -0.39 is 9.84 Å².